The van der Waals surface area contributed by atoms with Crippen molar-refractivity contribution >= 4 is 17.8 Å². The highest BCUT2D eigenvalue weighted by molar-refractivity contribution is 7.98. The Bertz CT molecular complexity index is 121. The van der Waals surface area contributed by atoms with Crippen LogP contribution in [0, 0.1) is 0 Å². The lowest BCUT2D eigenvalue weighted by molar-refractivity contribution is 0.241. The van der Waals surface area contributed by atoms with E-state index in [4.69, 9.17) is 5.84 Å². The van der Waals surface area contributed by atoms with Crippen LogP contribution < -0.4 is 16.6 Å². The average molecular weight is 191 g/mol. The lowest BCUT2D eigenvalue weighted by atomic mass is 10.2. The first-order chi connectivity index (χ1) is 5.81. The second kappa shape index (κ2) is 8.67. The molecule has 0 radical (unpaired) electrons. The van der Waals surface area contributed by atoms with Crippen molar-refractivity contribution in [1.29, 1.82) is 0 Å². The first kappa shape index (κ1) is 11.6. The monoisotopic (exact) mass is 191 g/mol. The summed E-state index contributed by atoms with van der Waals surface area (Å²) < 4.78 is 0. The van der Waals surface area contributed by atoms with Crippen LogP contribution in [0.2, 0.25) is 0 Å². The quantitative estimate of drug-likeness (QED) is 0.250. The van der Waals surface area contributed by atoms with Gasteiger partial charge >= 0.3 is 6.03 Å². The number of urea groups is 1. The zero-order chi connectivity index (χ0) is 9.23. The molecular weight excluding hydrogens is 174 g/mol. The van der Waals surface area contributed by atoms with Crippen molar-refractivity contribution in [2.24, 2.45) is 5.84 Å². The van der Waals surface area contributed by atoms with Crippen LogP contribution in [0.15, 0.2) is 0 Å². The zero-order valence-corrected chi connectivity index (χ0v) is 8.25. The molecule has 0 fully saturated rings. The van der Waals surface area contributed by atoms with Crippen molar-refractivity contribution in [2.45, 2.75) is 19.3 Å². The molecule has 0 aliphatic carbocycles. The van der Waals surface area contributed by atoms with E-state index in [1.165, 1.54) is 12.2 Å². The molecule has 4 N–H and O–H groups in total. The maximum Gasteiger partial charge on any atom is 0.328 e. The lowest BCUT2D eigenvalue weighted by Gasteiger charge is -2.02. The zero-order valence-electron chi connectivity index (χ0n) is 7.43. The van der Waals surface area contributed by atoms with Crippen molar-refractivity contribution in [3.63, 3.8) is 0 Å². The molecule has 0 aliphatic rings. The van der Waals surface area contributed by atoms with E-state index in [0.29, 0.717) is 6.54 Å². The number of nitrogens with one attached hydrogen (secondary N) is 2. The molecule has 5 heteroatoms. The molecule has 4 nitrogen and oxygen atoms in total. The average Bonchev–Trinajstić information content (AvgIpc) is 2.10. The number of hydrogen-bond donors (Lipinski definition) is 3. The molecule has 2 amide bonds. The Balaban J connectivity index is 2.95. The second-order valence-electron chi connectivity index (χ2n) is 2.45. The molecule has 0 bridgehead atoms. The molecule has 0 aliphatic heterocycles. The number of nitrogens with two attached hydrogens (primary N) is 1. The molecule has 72 valence electrons. The SMILES string of the molecule is CSCCCCCNC(=O)NN. The third kappa shape index (κ3) is 7.68. The normalized spacial score (nSPS) is 9.50. The molecule has 0 aromatic rings. The molecule has 0 atom stereocenters. The van der Waals surface area contributed by atoms with Gasteiger partial charge in [0, 0.05) is 6.54 Å². The fourth-order valence-corrected chi connectivity index (χ4v) is 1.29. The summed E-state index contributed by atoms with van der Waals surface area (Å²) in [7, 11) is 0. The Morgan fingerprint density at radius 1 is 1.42 bits per heavy atom. The standard InChI is InChI=1S/C7H17N3OS/c1-12-6-4-2-3-5-9-7(11)10-8/h2-6,8H2,1H3,(H2,9,10,11). The minimum Gasteiger partial charge on any atom is -0.337 e. The molecule has 0 saturated carbocycles. The molecule has 0 unspecified atom stereocenters. The van der Waals surface area contributed by atoms with Crippen LogP contribution in [0.1, 0.15) is 19.3 Å². The number of carbonyl (C=O) groups is 1. The number of amides is 2. The van der Waals surface area contributed by atoms with Crippen LogP contribution in [-0.2, 0) is 0 Å². The van der Waals surface area contributed by atoms with Crippen LogP contribution in [0.3, 0.4) is 0 Å². The van der Waals surface area contributed by atoms with Gasteiger partial charge in [0.2, 0.25) is 0 Å². The fraction of sp³-hybridized carbons (Fsp3) is 0.857. The van der Waals surface area contributed by atoms with Gasteiger partial charge in [-0.15, -0.1) is 0 Å². The van der Waals surface area contributed by atoms with Gasteiger partial charge in [0.25, 0.3) is 0 Å². The van der Waals surface area contributed by atoms with Crippen molar-refractivity contribution in [1.82, 2.24) is 10.7 Å². The van der Waals surface area contributed by atoms with Gasteiger partial charge in [0.05, 0.1) is 0 Å². The van der Waals surface area contributed by atoms with E-state index in [1.54, 1.807) is 0 Å². The Morgan fingerprint density at radius 2 is 2.17 bits per heavy atom. The lowest BCUT2D eigenvalue weighted by Crippen LogP contribution is -2.40. The van der Waals surface area contributed by atoms with Crippen molar-refractivity contribution in [2.75, 3.05) is 18.6 Å². The third-order valence-electron chi connectivity index (χ3n) is 1.44. The predicted molar refractivity (Wildman–Crippen MR) is 53.0 cm³/mol. The minimum absolute atomic E-state index is 0.306. The highest BCUT2D eigenvalue weighted by Gasteiger charge is 1.93. The van der Waals surface area contributed by atoms with E-state index in [2.05, 4.69) is 11.6 Å². The number of carbonyl (C=O) groups excluding carboxylic acids is 1. The van der Waals surface area contributed by atoms with Crippen LogP contribution in [-0.4, -0.2) is 24.6 Å². The maximum absolute atomic E-state index is 10.5. The van der Waals surface area contributed by atoms with Crippen molar-refractivity contribution in [3.05, 3.63) is 0 Å². The van der Waals surface area contributed by atoms with Crippen molar-refractivity contribution in [3.8, 4) is 0 Å². The van der Waals surface area contributed by atoms with Gasteiger partial charge in [-0.1, -0.05) is 6.42 Å². The van der Waals surface area contributed by atoms with Crippen LogP contribution in [0.25, 0.3) is 0 Å². The number of hydrogen-bond acceptors (Lipinski definition) is 3. The van der Waals surface area contributed by atoms with Crippen LogP contribution >= 0.6 is 11.8 Å². The topological polar surface area (TPSA) is 67.2 Å². The molecule has 0 saturated heterocycles. The van der Waals surface area contributed by atoms with Gasteiger partial charge in [-0.2, -0.15) is 11.8 Å². The third-order valence-corrected chi connectivity index (χ3v) is 2.14. The Kier molecular flexibility index (Phi) is 8.37. The van der Waals surface area contributed by atoms with Gasteiger partial charge in [-0.3, -0.25) is 5.43 Å². The molecular formula is C7H17N3OS. The summed E-state index contributed by atoms with van der Waals surface area (Å²) in [6, 6.07) is -0.306. The summed E-state index contributed by atoms with van der Waals surface area (Å²) in [5, 5.41) is 2.63. The molecule has 0 heterocycles. The first-order valence-corrected chi connectivity index (χ1v) is 5.44. The van der Waals surface area contributed by atoms with E-state index in [0.717, 1.165) is 12.8 Å². The largest absolute Gasteiger partial charge is 0.337 e. The van der Waals surface area contributed by atoms with E-state index in [1.807, 2.05) is 17.2 Å². The fourth-order valence-electron chi connectivity index (χ4n) is 0.801. The molecule has 0 aromatic carbocycles. The number of unbranched alkanes of at least 4 members (excludes halogenated alkanes) is 2. The van der Waals surface area contributed by atoms with Crippen molar-refractivity contribution < 1.29 is 4.79 Å². The van der Waals surface area contributed by atoms with E-state index in [-0.39, 0.29) is 6.03 Å². The van der Waals surface area contributed by atoms with Crippen LogP contribution in [0.5, 0.6) is 0 Å². The Morgan fingerprint density at radius 3 is 2.75 bits per heavy atom. The van der Waals surface area contributed by atoms with E-state index >= 15 is 0 Å². The smallest absolute Gasteiger partial charge is 0.328 e. The highest BCUT2D eigenvalue weighted by atomic mass is 32.2. The van der Waals surface area contributed by atoms with Gasteiger partial charge in [0.15, 0.2) is 0 Å². The Hall–Kier alpha value is -0.420. The molecule has 0 rings (SSSR count). The van der Waals surface area contributed by atoms with E-state index in [9.17, 15) is 4.79 Å². The van der Waals surface area contributed by atoms with Gasteiger partial charge in [-0.25, -0.2) is 10.6 Å². The summed E-state index contributed by atoms with van der Waals surface area (Å²) in [6.07, 6.45) is 5.49. The second-order valence-corrected chi connectivity index (χ2v) is 3.44. The van der Waals surface area contributed by atoms with Gasteiger partial charge in [-0.05, 0) is 24.9 Å². The summed E-state index contributed by atoms with van der Waals surface area (Å²) in [5.41, 5.74) is 2.01. The highest BCUT2D eigenvalue weighted by Crippen LogP contribution is 2.00. The van der Waals surface area contributed by atoms with E-state index < -0.39 is 0 Å². The Labute approximate surface area is 77.6 Å². The maximum atomic E-state index is 10.5. The van der Waals surface area contributed by atoms with Crippen LogP contribution in [0.4, 0.5) is 4.79 Å². The number of hydrazine groups is 1. The molecule has 0 aromatic heterocycles. The summed E-state index contributed by atoms with van der Waals surface area (Å²) in [5.74, 6) is 6.07. The molecule has 0 spiro atoms. The molecule has 12 heavy (non-hydrogen) atoms. The predicted octanol–water partition coefficient (Wildman–Crippen LogP) is 0.693. The first-order valence-electron chi connectivity index (χ1n) is 4.04. The minimum atomic E-state index is -0.306. The number of thioether (sulfide) groups is 1. The summed E-state index contributed by atoms with van der Waals surface area (Å²) in [6.45, 7) is 0.706. The summed E-state index contributed by atoms with van der Waals surface area (Å²) >= 11 is 1.85. The van der Waals surface area contributed by atoms with Gasteiger partial charge in [0.1, 0.15) is 0 Å². The summed E-state index contributed by atoms with van der Waals surface area (Å²) in [4.78, 5) is 10.5. The number of rotatable bonds is 6. The van der Waals surface area contributed by atoms with Gasteiger partial charge < -0.3 is 5.32 Å².